The Morgan fingerprint density at radius 3 is 2.78 bits per heavy atom. The van der Waals surface area contributed by atoms with Gasteiger partial charge in [-0.3, -0.25) is 0 Å². The zero-order valence-corrected chi connectivity index (χ0v) is 11.3. The molecule has 100 valence electrons. The molecule has 2 N–H and O–H groups in total. The van der Waals surface area contributed by atoms with Gasteiger partial charge in [-0.05, 0) is 31.6 Å². The Kier molecular flexibility index (Phi) is 3.14. The maximum Gasteiger partial charge on any atom is 0.153 e. The topological polar surface area (TPSA) is 56.7 Å². The van der Waals surface area contributed by atoms with Crippen LogP contribution < -0.4 is 5.73 Å². The summed E-state index contributed by atoms with van der Waals surface area (Å²) in [7, 11) is 0. The number of nitrogens with zero attached hydrogens (tertiary/aromatic N) is 3. The maximum atomic E-state index is 6.66. The van der Waals surface area contributed by atoms with E-state index < -0.39 is 0 Å². The SMILES string of the molecule is CC1CCCC(N)(c2nncn2C2CCCC2)C1. The van der Waals surface area contributed by atoms with Crippen LogP contribution in [-0.4, -0.2) is 14.8 Å². The van der Waals surface area contributed by atoms with Gasteiger partial charge < -0.3 is 10.3 Å². The monoisotopic (exact) mass is 248 g/mol. The molecule has 2 saturated carbocycles. The van der Waals surface area contributed by atoms with E-state index in [4.69, 9.17) is 5.73 Å². The molecule has 2 fully saturated rings. The highest BCUT2D eigenvalue weighted by Crippen LogP contribution is 2.39. The fourth-order valence-corrected chi connectivity index (χ4v) is 3.84. The summed E-state index contributed by atoms with van der Waals surface area (Å²) >= 11 is 0. The Labute approximate surface area is 109 Å². The van der Waals surface area contributed by atoms with Crippen molar-refractivity contribution in [2.24, 2.45) is 11.7 Å². The molecule has 0 aromatic carbocycles. The second-order valence-corrected chi connectivity index (χ2v) is 6.36. The van der Waals surface area contributed by atoms with Crippen molar-refractivity contribution in [3.63, 3.8) is 0 Å². The molecule has 0 amide bonds. The van der Waals surface area contributed by atoms with Crippen LogP contribution in [0.5, 0.6) is 0 Å². The summed E-state index contributed by atoms with van der Waals surface area (Å²) in [5.74, 6) is 1.75. The van der Waals surface area contributed by atoms with Crippen molar-refractivity contribution >= 4 is 0 Å². The summed E-state index contributed by atoms with van der Waals surface area (Å²) in [5, 5.41) is 8.52. The minimum atomic E-state index is -0.239. The van der Waals surface area contributed by atoms with Gasteiger partial charge in [0.25, 0.3) is 0 Å². The lowest BCUT2D eigenvalue weighted by molar-refractivity contribution is 0.217. The van der Waals surface area contributed by atoms with Gasteiger partial charge in [0.05, 0.1) is 5.54 Å². The van der Waals surface area contributed by atoms with Crippen molar-refractivity contribution < 1.29 is 0 Å². The third kappa shape index (κ3) is 2.07. The molecule has 2 unspecified atom stereocenters. The molecule has 1 aromatic heterocycles. The van der Waals surface area contributed by atoms with Crippen LogP contribution in [0.25, 0.3) is 0 Å². The normalized spacial score (nSPS) is 34.0. The van der Waals surface area contributed by atoms with Crippen molar-refractivity contribution in [1.29, 1.82) is 0 Å². The van der Waals surface area contributed by atoms with Crippen LogP contribution in [0.15, 0.2) is 6.33 Å². The summed E-state index contributed by atoms with van der Waals surface area (Å²) in [6.07, 6.45) is 11.7. The van der Waals surface area contributed by atoms with Crippen LogP contribution in [0.3, 0.4) is 0 Å². The molecule has 0 radical (unpaired) electrons. The Balaban J connectivity index is 1.89. The summed E-state index contributed by atoms with van der Waals surface area (Å²) in [6, 6.07) is 0.590. The first kappa shape index (κ1) is 12.2. The Morgan fingerprint density at radius 2 is 2.06 bits per heavy atom. The van der Waals surface area contributed by atoms with Gasteiger partial charge >= 0.3 is 0 Å². The molecule has 4 nitrogen and oxygen atoms in total. The smallest absolute Gasteiger partial charge is 0.153 e. The van der Waals surface area contributed by atoms with Crippen LogP contribution in [0.4, 0.5) is 0 Å². The first-order chi connectivity index (χ1) is 8.69. The fraction of sp³-hybridized carbons (Fsp3) is 0.857. The first-order valence-corrected chi connectivity index (χ1v) is 7.38. The van der Waals surface area contributed by atoms with Crippen molar-refractivity contribution in [1.82, 2.24) is 14.8 Å². The van der Waals surface area contributed by atoms with Crippen molar-refractivity contribution in [2.75, 3.05) is 0 Å². The van der Waals surface area contributed by atoms with Gasteiger partial charge in [0.2, 0.25) is 0 Å². The molecule has 4 heteroatoms. The van der Waals surface area contributed by atoms with E-state index in [1.165, 1.54) is 38.5 Å². The Morgan fingerprint density at radius 1 is 1.28 bits per heavy atom. The second-order valence-electron chi connectivity index (χ2n) is 6.36. The molecule has 0 saturated heterocycles. The lowest BCUT2D eigenvalue weighted by Gasteiger charge is -2.36. The summed E-state index contributed by atoms with van der Waals surface area (Å²) in [5.41, 5.74) is 6.42. The number of hydrogen-bond donors (Lipinski definition) is 1. The first-order valence-electron chi connectivity index (χ1n) is 7.38. The van der Waals surface area contributed by atoms with Gasteiger partial charge in [-0.2, -0.15) is 0 Å². The molecular formula is C14H24N4. The highest BCUT2D eigenvalue weighted by atomic mass is 15.3. The minimum absolute atomic E-state index is 0.239. The van der Waals surface area contributed by atoms with Gasteiger partial charge in [-0.15, -0.1) is 10.2 Å². The fourth-order valence-electron chi connectivity index (χ4n) is 3.84. The average molecular weight is 248 g/mol. The molecule has 1 aromatic rings. The highest BCUT2D eigenvalue weighted by molar-refractivity contribution is 5.09. The maximum absolute atomic E-state index is 6.66. The van der Waals surface area contributed by atoms with E-state index in [1.54, 1.807) is 0 Å². The molecule has 0 bridgehead atoms. The van der Waals surface area contributed by atoms with Crippen molar-refractivity contribution in [2.45, 2.75) is 69.9 Å². The quantitative estimate of drug-likeness (QED) is 0.875. The van der Waals surface area contributed by atoms with Gasteiger partial charge in [-0.25, -0.2) is 0 Å². The summed E-state index contributed by atoms with van der Waals surface area (Å²) < 4.78 is 2.28. The summed E-state index contributed by atoms with van der Waals surface area (Å²) in [6.45, 7) is 2.30. The van der Waals surface area contributed by atoms with Gasteiger partial charge in [0.1, 0.15) is 6.33 Å². The van der Waals surface area contributed by atoms with Crippen molar-refractivity contribution in [3.05, 3.63) is 12.2 Å². The predicted octanol–water partition coefficient (Wildman–Crippen LogP) is 2.76. The molecule has 2 aliphatic rings. The number of aromatic nitrogens is 3. The largest absolute Gasteiger partial charge is 0.319 e. The third-order valence-electron chi connectivity index (χ3n) is 4.77. The number of nitrogens with two attached hydrogens (primary N) is 1. The zero-order valence-electron chi connectivity index (χ0n) is 11.3. The number of hydrogen-bond acceptors (Lipinski definition) is 3. The van der Waals surface area contributed by atoms with E-state index in [0.29, 0.717) is 12.0 Å². The molecule has 0 aliphatic heterocycles. The lowest BCUT2D eigenvalue weighted by atomic mass is 9.76. The Hall–Kier alpha value is -0.900. The second kappa shape index (κ2) is 4.65. The molecule has 0 spiro atoms. The van der Waals surface area contributed by atoms with E-state index in [2.05, 4.69) is 21.7 Å². The van der Waals surface area contributed by atoms with Crippen LogP contribution in [0.2, 0.25) is 0 Å². The number of rotatable bonds is 2. The standard InChI is InChI=1S/C14H24N4/c1-11-5-4-8-14(15,9-11)13-17-16-10-18(13)12-6-2-3-7-12/h10-12H,2-9,15H2,1H3. The van der Waals surface area contributed by atoms with Gasteiger partial charge in [-0.1, -0.05) is 32.6 Å². The van der Waals surface area contributed by atoms with E-state index in [9.17, 15) is 0 Å². The van der Waals surface area contributed by atoms with E-state index >= 15 is 0 Å². The molecule has 18 heavy (non-hydrogen) atoms. The van der Waals surface area contributed by atoms with Gasteiger partial charge in [0, 0.05) is 6.04 Å². The molecule has 1 heterocycles. The van der Waals surface area contributed by atoms with Crippen LogP contribution in [-0.2, 0) is 5.54 Å². The van der Waals surface area contributed by atoms with Crippen LogP contribution >= 0.6 is 0 Å². The summed E-state index contributed by atoms with van der Waals surface area (Å²) in [4.78, 5) is 0. The van der Waals surface area contributed by atoms with E-state index in [0.717, 1.165) is 18.7 Å². The van der Waals surface area contributed by atoms with E-state index in [-0.39, 0.29) is 5.54 Å². The Bertz CT molecular complexity index is 408. The van der Waals surface area contributed by atoms with Crippen LogP contribution in [0, 0.1) is 5.92 Å². The van der Waals surface area contributed by atoms with Crippen LogP contribution in [0.1, 0.15) is 70.2 Å². The third-order valence-corrected chi connectivity index (χ3v) is 4.77. The molecule has 3 rings (SSSR count). The molecule has 2 atom stereocenters. The lowest BCUT2D eigenvalue weighted by Crippen LogP contribution is -2.43. The molecular weight excluding hydrogens is 224 g/mol. The van der Waals surface area contributed by atoms with Crippen molar-refractivity contribution in [3.8, 4) is 0 Å². The zero-order chi connectivity index (χ0) is 12.6. The van der Waals surface area contributed by atoms with E-state index in [1.807, 2.05) is 6.33 Å². The average Bonchev–Trinajstić information content (AvgIpc) is 3.00. The highest BCUT2D eigenvalue weighted by Gasteiger charge is 2.38. The predicted molar refractivity (Wildman–Crippen MR) is 71.0 cm³/mol. The van der Waals surface area contributed by atoms with Gasteiger partial charge in [0.15, 0.2) is 5.82 Å². The molecule has 2 aliphatic carbocycles. The minimum Gasteiger partial charge on any atom is -0.319 e.